The minimum atomic E-state index is -0.942. The van der Waals surface area contributed by atoms with Crippen LogP contribution in [0.2, 0.25) is 0 Å². The van der Waals surface area contributed by atoms with E-state index in [0.717, 1.165) is 28.7 Å². The van der Waals surface area contributed by atoms with Crippen LogP contribution in [0, 0.1) is 6.92 Å². The Morgan fingerprint density at radius 3 is 2.48 bits per heavy atom. The summed E-state index contributed by atoms with van der Waals surface area (Å²) >= 11 is 1.82. The van der Waals surface area contributed by atoms with E-state index in [0.29, 0.717) is 6.54 Å². The molecule has 0 saturated carbocycles. The zero-order valence-corrected chi connectivity index (χ0v) is 15.3. The van der Waals surface area contributed by atoms with E-state index in [9.17, 15) is 5.11 Å². The van der Waals surface area contributed by atoms with Crippen LogP contribution in [0.4, 0.5) is 5.69 Å². The van der Waals surface area contributed by atoms with Crippen molar-refractivity contribution in [2.45, 2.75) is 12.6 Å². The predicted octanol–water partition coefficient (Wildman–Crippen LogP) is -0.220. The van der Waals surface area contributed by atoms with Gasteiger partial charge in [0.2, 0.25) is 0 Å². The van der Waals surface area contributed by atoms with Gasteiger partial charge in [0, 0.05) is 11.3 Å². The first-order chi connectivity index (χ1) is 10.7. The van der Waals surface area contributed by atoms with Crippen molar-refractivity contribution in [1.82, 2.24) is 0 Å². The van der Waals surface area contributed by atoms with Crippen LogP contribution in [0.15, 0.2) is 54.6 Å². The summed E-state index contributed by atoms with van der Waals surface area (Å²) in [6.45, 7) is 3.53. The van der Waals surface area contributed by atoms with Gasteiger partial charge in [-0.15, -0.1) is 0 Å². The molecule has 5 heteroatoms. The molecule has 1 unspecified atom stereocenters. The van der Waals surface area contributed by atoms with E-state index in [1.54, 1.807) is 0 Å². The number of β-amino-alcohol motifs (C(OH)–C–C–N with tert-alkyl or cyclic N) is 1. The van der Waals surface area contributed by atoms with Gasteiger partial charge < -0.3 is 22.1 Å². The van der Waals surface area contributed by atoms with Crippen molar-refractivity contribution in [3.63, 3.8) is 0 Å². The largest absolute Gasteiger partial charge is 1.00 e. The lowest BCUT2D eigenvalue weighted by atomic mass is 10.0. The minimum Gasteiger partial charge on any atom is -1.00 e. The summed E-state index contributed by atoms with van der Waals surface area (Å²) in [5, 5.41) is 12.6. The van der Waals surface area contributed by atoms with Gasteiger partial charge in [-0.1, -0.05) is 48.0 Å². The van der Waals surface area contributed by atoms with Gasteiger partial charge in [0.25, 0.3) is 5.72 Å². The average molecular weight is 391 g/mol. The monoisotopic (exact) mass is 390 g/mol. The summed E-state index contributed by atoms with van der Waals surface area (Å²) in [7, 11) is 0. The standard InChI is InChI=1S/C18H19N2OS.BrH/c1-14-7-9-15(10-8-14)18(21)13-19(16-5-3-2-4-6-16)17-20(18)11-12-22-17;/h2-10,21H,11-13H2,1H3;1H/q+1;/p-1. The summed E-state index contributed by atoms with van der Waals surface area (Å²) in [5.74, 6) is 1.02. The molecule has 4 rings (SSSR count). The molecule has 2 aliphatic rings. The number of halogens is 1. The molecule has 1 N–H and O–H groups in total. The molecule has 0 radical (unpaired) electrons. The quantitative estimate of drug-likeness (QED) is 0.718. The van der Waals surface area contributed by atoms with Gasteiger partial charge in [0.15, 0.2) is 6.54 Å². The fourth-order valence-corrected chi connectivity index (χ4v) is 4.40. The molecule has 0 amide bonds. The highest BCUT2D eigenvalue weighted by atomic mass is 79.9. The van der Waals surface area contributed by atoms with Crippen molar-refractivity contribution >= 4 is 22.6 Å². The SMILES string of the molecule is Cc1ccc(C2(O)CN(c3ccccc3)C3=[N+]2CCS3)cc1.[Br-]. The first-order valence-corrected chi connectivity index (χ1v) is 8.56. The van der Waals surface area contributed by atoms with Gasteiger partial charge in [-0.05, 0) is 30.8 Å². The first kappa shape index (κ1) is 16.6. The lowest BCUT2D eigenvalue weighted by Crippen LogP contribution is -3.00. The van der Waals surface area contributed by atoms with Gasteiger partial charge in [-0.25, -0.2) is 9.48 Å². The number of aliphatic hydroxyl groups is 1. The van der Waals surface area contributed by atoms with E-state index in [1.807, 2.05) is 42.1 Å². The van der Waals surface area contributed by atoms with Crippen molar-refractivity contribution in [1.29, 1.82) is 0 Å². The zero-order valence-electron chi connectivity index (χ0n) is 12.9. The van der Waals surface area contributed by atoms with E-state index < -0.39 is 5.72 Å². The van der Waals surface area contributed by atoms with Crippen molar-refractivity contribution in [2.24, 2.45) is 0 Å². The smallest absolute Gasteiger partial charge is 0.316 e. The fourth-order valence-electron chi connectivity index (χ4n) is 3.22. The summed E-state index contributed by atoms with van der Waals surface area (Å²) in [6.07, 6.45) is 0. The Balaban J connectivity index is 0.00000156. The molecule has 2 aromatic rings. The van der Waals surface area contributed by atoms with Crippen molar-refractivity contribution < 1.29 is 26.7 Å². The number of hydrogen-bond donors (Lipinski definition) is 1. The molecule has 2 aromatic carbocycles. The lowest BCUT2D eigenvalue weighted by Gasteiger charge is -2.23. The van der Waals surface area contributed by atoms with Crippen LogP contribution in [0.25, 0.3) is 0 Å². The second-order valence-electron chi connectivity index (χ2n) is 5.89. The molecule has 3 nitrogen and oxygen atoms in total. The summed E-state index contributed by atoms with van der Waals surface area (Å²) in [4.78, 5) is 2.23. The Labute approximate surface area is 151 Å². The third kappa shape index (κ3) is 2.71. The van der Waals surface area contributed by atoms with Crippen LogP contribution in [-0.2, 0) is 5.72 Å². The highest BCUT2D eigenvalue weighted by molar-refractivity contribution is 8.14. The third-order valence-corrected chi connectivity index (χ3v) is 5.50. The molecular formula is C18H19BrN2OS. The van der Waals surface area contributed by atoms with Gasteiger partial charge in [0.05, 0.1) is 6.54 Å². The van der Waals surface area contributed by atoms with E-state index in [1.165, 1.54) is 5.56 Å². The highest BCUT2D eigenvalue weighted by Gasteiger charge is 2.54. The number of hydrogen-bond acceptors (Lipinski definition) is 3. The number of aryl methyl sites for hydroxylation is 1. The van der Waals surface area contributed by atoms with E-state index in [2.05, 4.69) is 40.7 Å². The zero-order chi connectivity index (χ0) is 15.2. The Morgan fingerprint density at radius 1 is 1.09 bits per heavy atom. The number of amidine groups is 1. The number of anilines is 1. The van der Waals surface area contributed by atoms with Crippen LogP contribution < -0.4 is 21.9 Å². The summed E-state index contributed by atoms with van der Waals surface area (Å²) < 4.78 is 2.15. The topological polar surface area (TPSA) is 26.5 Å². The molecule has 2 aliphatic heterocycles. The summed E-state index contributed by atoms with van der Waals surface area (Å²) in [5.41, 5.74) is 2.38. The molecule has 1 atom stereocenters. The van der Waals surface area contributed by atoms with Crippen LogP contribution in [0.1, 0.15) is 11.1 Å². The van der Waals surface area contributed by atoms with Gasteiger partial charge >= 0.3 is 5.17 Å². The van der Waals surface area contributed by atoms with Crippen LogP contribution in [0.3, 0.4) is 0 Å². The molecule has 0 spiro atoms. The number of rotatable bonds is 2. The van der Waals surface area contributed by atoms with Crippen molar-refractivity contribution in [3.05, 3.63) is 65.7 Å². The van der Waals surface area contributed by atoms with E-state index in [4.69, 9.17) is 0 Å². The van der Waals surface area contributed by atoms with Crippen molar-refractivity contribution in [2.75, 3.05) is 23.7 Å². The maximum atomic E-state index is 11.4. The fraction of sp³-hybridized carbons (Fsp3) is 0.278. The number of thioether (sulfide) groups is 1. The summed E-state index contributed by atoms with van der Waals surface area (Å²) in [6, 6.07) is 18.6. The lowest BCUT2D eigenvalue weighted by molar-refractivity contribution is -0.650. The molecule has 0 fully saturated rings. The normalized spacial score (nSPS) is 23.0. The third-order valence-electron chi connectivity index (χ3n) is 4.41. The molecule has 0 aliphatic carbocycles. The van der Waals surface area contributed by atoms with Gasteiger partial charge in [0.1, 0.15) is 5.69 Å². The first-order valence-electron chi connectivity index (χ1n) is 7.58. The predicted molar refractivity (Wildman–Crippen MR) is 91.5 cm³/mol. The minimum absolute atomic E-state index is 0. The highest BCUT2D eigenvalue weighted by Crippen LogP contribution is 2.38. The molecule has 0 saturated heterocycles. The van der Waals surface area contributed by atoms with Gasteiger partial charge in [-0.3, -0.25) is 0 Å². The van der Waals surface area contributed by atoms with Gasteiger partial charge in [-0.2, -0.15) is 0 Å². The Hall–Kier alpha value is -1.30. The van der Waals surface area contributed by atoms with Crippen LogP contribution in [0.5, 0.6) is 0 Å². The molecular weight excluding hydrogens is 372 g/mol. The van der Waals surface area contributed by atoms with E-state index >= 15 is 0 Å². The van der Waals surface area contributed by atoms with Crippen LogP contribution >= 0.6 is 11.8 Å². The van der Waals surface area contributed by atoms with Crippen LogP contribution in [-0.4, -0.2) is 33.7 Å². The molecule has 23 heavy (non-hydrogen) atoms. The van der Waals surface area contributed by atoms with E-state index in [-0.39, 0.29) is 17.0 Å². The molecule has 2 heterocycles. The number of para-hydroxylation sites is 1. The number of benzene rings is 2. The van der Waals surface area contributed by atoms with Crippen molar-refractivity contribution in [3.8, 4) is 0 Å². The number of nitrogens with zero attached hydrogens (tertiary/aromatic N) is 2. The molecule has 0 bridgehead atoms. The Bertz CT molecular complexity index is 732. The maximum absolute atomic E-state index is 11.4. The molecule has 120 valence electrons. The Morgan fingerprint density at radius 2 is 1.78 bits per heavy atom. The Kier molecular flexibility index (Phi) is 4.54. The average Bonchev–Trinajstić information content (AvgIpc) is 3.13. The second-order valence-corrected chi connectivity index (χ2v) is 6.95. The maximum Gasteiger partial charge on any atom is 0.316 e. The molecule has 0 aromatic heterocycles. The second kappa shape index (κ2) is 6.30.